The molecule has 1 aromatic carbocycles. The van der Waals surface area contributed by atoms with E-state index in [2.05, 4.69) is 10.2 Å². The number of nitrogens with one attached hydrogen (secondary N) is 1. The summed E-state index contributed by atoms with van der Waals surface area (Å²) in [5.41, 5.74) is -0.0593. The number of likely N-dealkylation sites (tertiary alicyclic amines) is 1. The van der Waals surface area contributed by atoms with Crippen LogP contribution in [0.1, 0.15) is 39.2 Å². The molecule has 4 nitrogen and oxygen atoms in total. The van der Waals surface area contributed by atoms with Crippen molar-refractivity contribution < 1.29 is 18.3 Å². The summed E-state index contributed by atoms with van der Waals surface area (Å²) in [4.78, 5) is 14.5. The molecule has 0 aromatic heterocycles. The molecular weight excluding hydrogens is 350 g/mol. The van der Waals surface area contributed by atoms with Crippen molar-refractivity contribution in [3.05, 3.63) is 35.4 Å². The third kappa shape index (κ3) is 3.38. The lowest BCUT2D eigenvalue weighted by Gasteiger charge is -2.30. The normalized spacial score (nSPS) is 32.7. The maximum atomic E-state index is 14.0. The fourth-order valence-corrected chi connectivity index (χ4v) is 5.05. The van der Waals surface area contributed by atoms with Crippen LogP contribution in [0.4, 0.5) is 8.78 Å². The molecule has 6 heteroatoms. The van der Waals surface area contributed by atoms with E-state index in [4.69, 9.17) is 4.74 Å². The van der Waals surface area contributed by atoms with Crippen molar-refractivity contribution in [3.63, 3.8) is 0 Å². The van der Waals surface area contributed by atoms with E-state index in [0.29, 0.717) is 30.5 Å². The van der Waals surface area contributed by atoms with Crippen LogP contribution in [-0.4, -0.2) is 42.1 Å². The van der Waals surface area contributed by atoms with Gasteiger partial charge in [0.15, 0.2) is 0 Å². The summed E-state index contributed by atoms with van der Waals surface area (Å²) in [6.07, 6.45) is 2.25. The minimum atomic E-state index is -0.551. The minimum absolute atomic E-state index is 0.0579. The van der Waals surface area contributed by atoms with Crippen molar-refractivity contribution >= 4 is 5.91 Å². The smallest absolute Gasteiger partial charge is 0.225 e. The summed E-state index contributed by atoms with van der Waals surface area (Å²) in [7, 11) is 0. The number of fused-ring (bicyclic) bond motifs is 1. The van der Waals surface area contributed by atoms with Gasteiger partial charge in [0.2, 0.25) is 5.91 Å². The Hall–Kier alpha value is -1.53. The van der Waals surface area contributed by atoms with E-state index in [1.807, 2.05) is 20.8 Å². The molecule has 3 heterocycles. The number of halogens is 2. The molecule has 2 bridgehead atoms. The number of amides is 1. The van der Waals surface area contributed by atoms with Gasteiger partial charge in [-0.3, -0.25) is 9.69 Å². The van der Waals surface area contributed by atoms with Crippen LogP contribution < -0.4 is 5.32 Å². The molecular formula is C21H28F2N2O2. The largest absolute Gasteiger partial charge is 0.370 e. The SMILES string of the molecule is CC(C)(C)C(=O)NC[C@H]1[C@H]2CN(Cc3ccc(F)cc3F)C[C@]23CC[C@H]1O3. The second kappa shape index (κ2) is 6.52. The van der Waals surface area contributed by atoms with Crippen molar-refractivity contribution in [2.75, 3.05) is 19.6 Å². The van der Waals surface area contributed by atoms with Gasteiger partial charge >= 0.3 is 0 Å². The lowest BCUT2D eigenvalue weighted by Crippen LogP contribution is -2.44. The molecule has 3 fully saturated rings. The number of carbonyl (C=O) groups excluding carboxylic acids is 1. The summed E-state index contributed by atoms with van der Waals surface area (Å²) in [5.74, 6) is -0.343. The summed E-state index contributed by atoms with van der Waals surface area (Å²) >= 11 is 0. The first-order valence-electron chi connectivity index (χ1n) is 9.80. The Labute approximate surface area is 159 Å². The number of ether oxygens (including phenoxy) is 1. The molecule has 4 atom stereocenters. The summed E-state index contributed by atoms with van der Waals surface area (Å²) in [6, 6.07) is 3.77. The van der Waals surface area contributed by atoms with E-state index in [1.54, 1.807) is 0 Å². The van der Waals surface area contributed by atoms with E-state index in [0.717, 1.165) is 32.0 Å². The molecule has 3 saturated heterocycles. The second-order valence-electron chi connectivity index (χ2n) is 9.40. The highest BCUT2D eigenvalue weighted by molar-refractivity contribution is 5.81. The van der Waals surface area contributed by atoms with Gasteiger partial charge in [-0.2, -0.15) is 0 Å². The molecule has 0 aliphatic carbocycles. The molecule has 3 aliphatic heterocycles. The number of hydrogen-bond donors (Lipinski definition) is 1. The van der Waals surface area contributed by atoms with Gasteiger partial charge in [-0.25, -0.2) is 8.78 Å². The fraction of sp³-hybridized carbons (Fsp3) is 0.667. The van der Waals surface area contributed by atoms with Crippen LogP contribution in [0.15, 0.2) is 18.2 Å². The van der Waals surface area contributed by atoms with E-state index < -0.39 is 17.0 Å². The first kappa shape index (κ1) is 18.8. The number of nitrogens with zero attached hydrogens (tertiary/aromatic N) is 1. The second-order valence-corrected chi connectivity index (χ2v) is 9.40. The van der Waals surface area contributed by atoms with Crippen LogP contribution >= 0.6 is 0 Å². The maximum Gasteiger partial charge on any atom is 0.225 e. The van der Waals surface area contributed by atoms with Crippen LogP contribution in [0.25, 0.3) is 0 Å². The molecule has 1 N–H and O–H groups in total. The van der Waals surface area contributed by atoms with E-state index >= 15 is 0 Å². The Kier molecular flexibility index (Phi) is 4.54. The Morgan fingerprint density at radius 1 is 1.37 bits per heavy atom. The van der Waals surface area contributed by atoms with E-state index in [9.17, 15) is 13.6 Å². The van der Waals surface area contributed by atoms with Gasteiger partial charge in [0.05, 0.1) is 11.7 Å². The van der Waals surface area contributed by atoms with E-state index in [1.165, 1.54) is 12.1 Å². The van der Waals surface area contributed by atoms with Crippen LogP contribution in [-0.2, 0) is 16.1 Å². The van der Waals surface area contributed by atoms with Gasteiger partial charge < -0.3 is 10.1 Å². The number of rotatable bonds is 4. The van der Waals surface area contributed by atoms with Crippen LogP contribution in [0.5, 0.6) is 0 Å². The van der Waals surface area contributed by atoms with Gasteiger partial charge in [-0.1, -0.05) is 26.8 Å². The highest BCUT2D eigenvalue weighted by Gasteiger charge is 2.62. The van der Waals surface area contributed by atoms with Gasteiger partial charge in [0.25, 0.3) is 0 Å². The predicted molar refractivity (Wildman–Crippen MR) is 97.9 cm³/mol. The van der Waals surface area contributed by atoms with Crippen molar-refractivity contribution in [2.45, 2.75) is 51.9 Å². The molecule has 4 rings (SSSR count). The maximum absolute atomic E-state index is 14.0. The lowest BCUT2D eigenvalue weighted by molar-refractivity contribution is -0.128. The van der Waals surface area contributed by atoms with Crippen LogP contribution in [0.2, 0.25) is 0 Å². The number of hydrogen-bond acceptors (Lipinski definition) is 3. The standard InChI is InChI=1S/C21H28F2N2O2/c1-20(2,3)19(26)24-9-15-16-11-25(12-21(16)7-6-18(15)27-21)10-13-4-5-14(22)8-17(13)23/h4-5,8,15-16,18H,6-7,9-12H2,1-3H3,(H,24,26)/t15-,16+,18+,21+/m0/s1. The lowest BCUT2D eigenvalue weighted by atomic mass is 9.73. The van der Waals surface area contributed by atoms with Crippen LogP contribution in [0, 0.1) is 28.9 Å². The van der Waals surface area contributed by atoms with Gasteiger partial charge in [0.1, 0.15) is 11.6 Å². The monoisotopic (exact) mass is 378 g/mol. The molecule has 1 spiro atoms. The summed E-state index contributed by atoms with van der Waals surface area (Å²) in [5, 5.41) is 3.10. The van der Waals surface area contributed by atoms with Gasteiger partial charge in [-0.15, -0.1) is 0 Å². The molecule has 1 amide bonds. The zero-order valence-corrected chi connectivity index (χ0v) is 16.2. The highest BCUT2D eigenvalue weighted by atomic mass is 19.1. The summed E-state index contributed by atoms with van der Waals surface area (Å²) in [6.45, 7) is 8.42. The molecule has 148 valence electrons. The van der Waals surface area contributed by atoms with Crippen molar-refractivity contribution in [3.8, 4) is 0 Å². The van der Waals surface area contributed by atoms with Crippen molar-refractivity contribution in [1.29, 1.82) is 0 Å². The Bertz CT molecular complexity index is 748. The topological polar surface area (TPSA) is 41.6 Å². The van der Waals surface area contributed by atoms with Gasteiger partial charge in [-0.05, 0) is 18.9 Å². The number of benzene rings is 1. The van der Waals surface area contributed by atoms with Crippen LogP contribution in [0.3, 0.4) is 0 Å². The summed E-state index contributed by atoms with van der Waals surface area (Å²) < 4.78 is 33.6. The van der Waals surface area contributed by atoms with E-state index in [-0.39, 0.29) is 17.6 Å². The minimum Gasteiger partial charge on any atom is -0.370 e. The highest BCUT2D eigenvalue weighted by Crippen LogP contribution is 2.54. The fourth-order valence-electron chi connectivity index (χ4n) is 5.05. The number of carbonyl (C=O) groups is 1. The third-order valence-electron chi connectivity index (χ3n) is 6.44. The zero-order chi connectivity index (χ0) is 19.4. The Balaban J connectivity index is 1.43. The van der Waals surface area contributed by atoms with Crippen molar-refractivity contribution in [1.82, 2.24) is 10.2 Å². The Morgan fingerprint density at radius 3 is 2.85 bits per heavy atom. The Morgan fingerprint density at radius 2 is 2.15 bits per heavy atom. The average Bonchev–Trinajstić information content (AvgIpc) is 3.22. The first-order chi connectivity index (χ1) is 12.7. The average molecular weight is 378 g/mol. The quantitative estimate of drug-likeness (QED) is 0.875. The molecule has 0 saturated carbocycles. The molecule has 27 heavy (non-hydrogen) atoms. The third-order valence-corrected chi connectivity index (χ3v) is 6.44. The predicted octanol–water partition coefficient (Wildman–Crippen LogP) is 3.11. The van der Waals surface area contributed by atoms with Crippen molar-refractivity contribution in [2.24, 2.45) is 17.3 Å². The zero-order valence-electron chi connectivity index (χ0n) is 16.2. The molecule has 1 aromatic rings. The first-order valence-corrected chi connectivity index (χ1v) is 9.80. The molecule has 3 aliphatic rings. The molecule has 0 unspecified atom stereocenters. The molecule has 0 radical (unpaired) electrons. The van der Waals surface area contributed by atoms with Gasteiger partial charge in [0, 0.05) is 55.1 Å².